The van der Waals surface area contributed by atoms with E-state index >= 15 is 0 Å². The van der Waals surface area contributed by atoms with Crippen LogP contribution in [0.4, 0.5) is 0 Å². The molecule has 184 valence electrons. The number of benzene rings is 3. The van der Waals surface area contributed by atoms with Crippen molar-refractivity contribution in [3.63, 3.8) is 0 Å². The van der Waals surface area contributed by atoms with Crippen molar-refractivity contribution in [3.05, 3.63) is 101 Å². The third-order valence-electron chi connectivity index (χ3n) is 5.36. The summed E-state index contributed by atoms with van der Waals surface area (Å²) in [6.45, 7) is 6.25. The van der Waals surface area contributed by atoms with Gasteiger partial charge in [0.1, 0.15) is 6.04 Å². The molecule has 0 fully saturated rings. The van der Waals surface area contributed by atoms with Gasteiger partial charge in [-0.15, -0.1) is 11.8 Å². The Kier molecular flexibility index (Phi) is 9.99. The molecule has 0 aromatic heterocycles. The third kappa shape index (κ3) is 9.19. The molecular formula is C29H33BrN2O2S. The van der Waals surface area contributed by atoms with Gasteiger partial charge in [-0.3, -0.25) is 9.59 Å². The number of hydrogen-bond acceptors (Lipinski definition) is 3. The van der Waals surface area contributed by atoms with Crippen LogP contribution in [0.5, 0.6) is 0 Å². The van der Waals surface area contributed by atoms with Crippen molar-refractivity contribution in [2.45, 2.75) is 56.6 Å². The van der Waals surface area contributed by atoms with Crippen LogP contribution >= 0.6 is 27.7 Å². The average molecular weight is 554 g/mol. The summed E-state index contributed by atoms with van der Waals surface area (Å²) in [6.07, 6.45) is 0.807. The van der Waals surface area contributed by atoms with Gasteiger partial charge in [0, 0.05) is 40.0 Å². The zero-order valence-electron chi connectivity index (χ0n) is 20.5. The lowest BCUT2D eigenvalue weighted by Gasteiger charge is -2.34. The molecule has 0 aliphatic rings. The van der Waals surface area contributed by atoms with Gasteiger partial charge < -0.3 is 10.2 Å². The normalized spacial score (nSPS) is 12.1. The number of halogens is 1. The van der Waals surface area contributed by atoms with Gasteiger partial charge in [-0.1, -0.05) is 76.6 Å². The molecule has 1 atom stereocenters. The molecule has 35 heavy (non-hydrogen) atoms. The first-order valence-electron chi connectivity index (χ1n) is 11.8. The average Bonchev–Trinajstić information content (AvgIpc) is 2.82. The van der Waals surface area contributed by atoms with Gasteiger partial charge in [0.15, 0.2) is 0 Å². The molecule has 0 heterocycles. The largest absolute Gasteiger partial charge is 0.350 e. The van der Waals surface area contributed by atoms with Crippen LogP contribution in [0, 0.1) is 0 Å². The fourth-order valence-electron chi connectivity index (χ4n) is 3.71. The lowest BCUT2D eigenvalue weighted by molar-refractivity contribution is -0.141. The summed E-state index contributed by atoms with van der Waals surface area (Å²) < 4.78 is 0.977. The topological polar surface area (TPSA) is 49.4 Å². The number of amides is 2. The van der Waals surface area contributed by atoms with Crippen LogP contribution < -0.4 is 5.32 Å². The van der Waals surface area contributed by atoms with Crippen molar-refractivity contribution in [1.29, 1.82) is 0 Å². The summed E-state index contributed by atoms with van der Waals surface area (Å²) in [5.41, 5.74) is 1.61. The fourth-order valence-corrected chi connectivity index (χ4v) is 4.84. The molecule has 0 aliphatic heterocycles. The van der Waals surface area contributed by atoms with E-state index in [0.29, 0.717) is 25.1 Å². The van der Waals surface area contributed by atoms with Crippen molar-refractivity contribution < 1.29 is 9.59 Å². The molecule has 1 N–H and O–H groups in total. The molecule has 0 spiro atoms. The van der Waals surface area contributed by atoms with Gasteiger partial charge in [-0.25, -0.2) is 0 Å². The first kappa shape index (κ1) is 27.0. The number of thioether (sulfide) groups is 1. The molecule has 1 unspecified atom stereocenters. The first-order valence-corrected chi connectivity index (χ1v) is 13.6. The third-order valence-corrected chi connectivity index (χ3v) is 6.91. The predicted molar refractivity (Wildman–Crippen MR) is 148 cm³/mol. The molecule has 0 saturated heterocycles. The lowest BCUT2D eigenvalue weighted by atomic mass is 10.0. The quantitative estimate of drug-likeness (QED) is 0.292. The Balaban J connectivity index is 1.86. The number of carbonyl (C=O) groups is 2. The summed E-state index contributed by atoms with van der Waals surface area (Å²) in [6, 6.07) is 27.3. The van der Waals surface area contributed by atoms with Crippen LogP contribution in [0.3, 0.4) is 0 Å². The molecule has 0 aliphatic carbocycles. The molecule has 3 aromatic carbocycles. The van der Waals surface area contributed by atoms with Crippen LogP contribution in [0.2, 0.25) is 0 Å². The molecule has 3 rings (SSSR count). The Morgan fingerprint density at radius 3 is 2.09 bits per heavy atom. The number of hydrogen-bond donors (Lipinski definition) is 1. The lowest BCUT2D eigenvalue weighted by Crippen LogP contribution is -2.54. The maximum absolute atomic E-state index is 13.6. The number of nitrogens with one attached hydrogen (secondary N) is 1. The Hall–Kier alpha value is -2.57. The van der Waals surface area contributed by atoms with Crippen molar-refractivity contribution in [3.8, 4) is 0 Å². The second-order valence-corrected chi connectivity index (χ2v) is 11.6. The smallest absolute Gasteiger partial charge is 0.243 e. The fraction of sp³-hybridized carbons (Fsp3) is 0.310. The van der Waals surface area contributed by atoms with Crippen LogP contribution in [-0.2, 0) is 22.6 Å². The maximum atomic E-state index is 13.6. The second kappa shape index (κ2) is 12.9. The zero-order chi connectivity index (χ0) is 25.3. The number of rotatable bonds is 10. The van der Waals surface area contributed by atoms with E-state index in [1.807, 2.05) is 106 Å². The van der Waals surface area contributed by atoms with Gasteiger partial charge in [-0.05, 0) is 56.2 Å². The van der Waals surface area contributed by atoms with Crippen LogP contribution in [0.25, 0.3) is 0 Å². The summed E-state index contributed by atoms with van der Waals surface area (Å²) >= 11 is 5.13. The zero-order valence-corrected chi connectivity index (χ0v) is 22.9. The Morgan fingerprint density at radius 1 is 0.886 bits per heavy atom. The highest BCUT2D eigenvalue weighted by Crippen LogP contribution is 2.21. The summed E-state index contributed by atoms with van der Waals surface area (Å²) in [5.74, 6) is 0.488. The van der Waals surface area contributed by atoms with Crippen LogP contribution in [-0.4, -0.2) is 34.0 Å². The molecule has 6 heteroatoms. The van der Waals surface area contributed by atoms with E-state index in [2.05, 4.69) is 21.2 Å². The van der Waals surface area contributed by atoms with E-state index in [1.165, 1.54) is 0 Å². The summed E-state index contributed by atoms with van der Waals surface area (Å²) in [5, 5.41) is 3.11. The Labute approximate surface area is 221 Å². The minimum absolute atomic E-state index is 0.0265. The monoisotopic (exact) mass is 552 g/mol. The standard InChI is InChI=1S/C29H33BrN2O2S/c1-29(2,3)31-28(34)26(20-22-10-6-4-7-11-22)32(21-23-14-16-24(30)17-15-23)27(33)18-19-35-25-12-8-5-9-13-25/h4-17,26H,18-21H2,1-3H3,(H,31,34). The van der Waals surface area contributed by atoms with Crippen molar-refractivity contribution in [2.24, 2.45) is 0 Å². The predicted octanol–water partition coefficient (Wildman–Crippen LogP) is 6.49. The van der Waals surface area contributed by atoms with E-state index in [-0.39, 0.29) is 11.8 Å². The van der Waals surface area contributed by atoms with Gasteiger partial charge in [0.2, 0.25) is 11.8 Å². The molecule has 2 amide bonds. The van der Waals surface area contributed by atoms with Crippen molar-refractivity contribution >= 4 is 39.5 Å². The number of nitrogens with zero attached hydrogens (tertiary/aromatic N) is 1. The minimum Gasteiger partial charge on any atom is -0.350 e. The summed E-state index contributed by atoms with van der Waals surface area (Å²) in [4.78, 5) is 30.0. The van der Waals surface area contributed by atoms with E-state index < -0.39 is 11.6 Å². The molecular weight excluding hydrogens is 520 g/mol. The first-order chi connectivity index (χ1) is 16.7. The van der Waals surface area contributed by atoms with Crippen LogP contribution in [0.1, 0.15) is 38.3 Å². The highest BCUT2D eigenvalue weighted by Gasteiger charge is 2.32. The molecule has 0 saturated carbocycles. The minimum atomic E-state index is -0.616. The highest BCUT2D eigenvalue weighted by atomic mass is 79.9. The molecule has 3 aromatic rings. The van der Waals surface area contributed by atoms with E-state index in [1.54, 1.807) is 16.7 Å². The van der Waals surface area contributed by atoms with E-state index in [4.69, 9.17) is 0 Å². The number of carbonyl (C=O) groups excluding carboxylic acids is 2. The summed E-state index contributed by atoms with van der Waals surface area (Å²) in [7, 11) is 0. The second-order valence-electron chi connectivity index (χ2n) is 9.50. The Bertz CT molecular complexity index is 1080. The molecule has 0 radical (unpaired) electrons. The van der Waals surface area contributed by atoms with Crippen molar-refractivity contribution in [2.75, 3.05) is 5.75 Å². The molecule has 4 nitrogen and oxygen atoms in total. The van der Waals surface area contributed by atoms with Crippen molar-refractivity contribution in [1.82, 2.24) is 10.2 Å². The highest BCUT2D eigenvalue weighted by molar-refractivity contribution is 9.10. The Morgan fingerprint density at radius 2 is 1.49 bits per heavy atom. The maximum Gasteiger partial charge on any atom is 0.243 e. The van der Waals surface area contributed by atoms with E-state index in [9.17, 15) is 9.59 Å². The van der Waals surface area contributed by atoms with E-state index in [0.717, 1.165) is 20.5 Å². The van der Waals surface area contributed by atoms with Gasteiger partial charge >= 0.3 is 0 Å². The van der Waals surface area contributed by atoms with Gasteiger partial charge in [-0.2, -0.15) is 0 Å². The van der Waals surface area contributed by atoms with Gasteiger partial charge in [0.05, 0.1) is 0 Å². The molecule has 0 bridgehead atoms. The SMILES string of the molecule is CC(C)(C)NC(=O)C(Cc1ccccc1)N(Cc1ccc(Br)cc1)C(=O)CCSc1ccccc1. The van der Waals surface area contributed by atoms with Crippen LogP contribution in [0.15, 0.2) is 94.3 Å². The van der Waals surface area contributed by atoms with Gasteiger partial charge in [0.25, 0.3) is 0 Å².